The van der Waals surface area contributed by atoms with Crippen LogP contribution < -0.4 is 5.32 Å². The minimum Gasteiger partial charge on any atom is -0.379 e. The molecule has 1 fully saturated rings. The molecule has 4 heteroatoms. The molecule has 0 amide bonds. The molecule has 2 aromatic rings. The van der Waals surface area contributed by atoms with Crippen molar-refractivity contribution in [1.82, 2.24) is 10.2 Å². The van der Waals surface area contributed by atoms with Crippen LogP contribution in [0.1, 0.15) is 28.3 Å². The summed E-state index contributed by atoms with van der Waals surface area (Å²) < 4.78 is 5.52. The maximum Gasteiger partial charge on any atom is 0.0991 e. The summed E-state index contributed by atoms with van der Waals surface area (Å²) in [5, 5.41) is 12.6. The van der Waals surface area contributed by atoms with Crippen molar-refractivity contribution in [2.24, 2.45) is 0 Å². The summed E-state index contributed by atoms with van der Waals surface area (Å²) in [4.78, 5) is 2.50. The van der Waals surface area contributed by atoms with E-state index in [-0.39, 0.29) is 0 Å². The molecular weight excluding hydrogens is 310 g/mol. The van der Waals surface area contributed by atoms with E-state index in [4.69, 9.17) is 10.00 Å². The average Bonchev–Trinajstić information content (AvgIpc) is 2.66. The van der Waals surface area contributed by atoms with Gasteiger partial charge in [-0.1, -0.05) is 42.0 Å². The Morgan fingerprint density at radius 2 is 1.96 bits per heavy atom. The average molecular weight is 335 g/mol. The van der Waals surface area contributed by atoms with Gasteiger partial charge in [0.25, 0.3) is 0 Å². The largest absolute Gasteiger partial charge is 0.379 e. The highest BCUT2D eigenvalue weighted by Gasteiger charge is 2.22. The summed E-state index contributed by atoms with van der Waals surface area (Å²) in [6.07, 6.45) is 0. The van der Waals surface area contributed by atoms with Gasteiger partial charge in [0.05, 0.1) is 24.8 Å². The second-order valence-corrected chi connectivity index (χ2v) is 6.52. The number of morpholine rings is 1. The Hall–Kier alpha value is -2.19. The SMILES string of the molecule is Cc1cccc([C@H](CNCc2cccc(C#N)c2)N2CCOCC2)c1. The molecule has 0 bridgehead atoms. The Balaban J connectivity index is 1.68. The van der Waals surface area contributed by atoms with Crippen molar-refractivity contribution in [3.05, 3.63) is 70.8 Å². The number of ether oxygens (including phenoxy) is 1. The van der Waals surface area contributed by atoms with Crippen LogP contribution >= 0.6 is 0 Å². The van der Waals surface area contributed by atoms with Crippen molar-refractivity contribution < 1.29 is 4.74 Å². The third-order valence-electron chi connectivity index (χ3n) is 4.64. The second-order valence-electron chi connectivity index (χ2n) is 6.52. The van der Waals surface area contributed by atoms with Gasteiger partial charge < -0.3 is 10.1 Å². The topological polar surface area (TPSA) is 48.3 Å². The number of nitrogens with one attached hydrogen (secondary N) is 1. The Kier molecular flexibility index (Phi) is 6.19. The van der Waals surface area contributed by atoms with E-state index in [1.54, 1.807) is 0 Å². The smallest absolute Gasteiger partial charge is 0.0991 e. The van der Waals surface area contributed by atoms with Crippen molar-refractivity contribution in [3.8, 4) is 6.07 Å². The van der Waals surface area contributed by atoms with Crippen LogP contribution in [-0.4, -0.2) is 37.7 Å². The fraction of sp³-hybridized carbons (Fsp3) is 0.381. The number of nitrogens with zero attached hydrogens (tertiary/aromatic N) is 2. The summed E-state index contributed by atoms with van der Waals surface area (Å²) in [5.74, 6) is 0. The Labute approximate surface area is 150 Å². The van der Waals surface area contributed by atoms with Gasteiger partial charge in [0.15, 0.2) is 0 Å². The quantitative estimate of drug-likeness (QED) is 0.881. The maximum atomic E-state index is 9.03. The molecule has 1 atom stereocenters. The molecule has 0 aliphatic carbocycles. The highest BCUT2D eigenvalue weighted by Crippen LogP contribution is 2.22. The molecule has 1 N–H and O–H groups in total. The molecule has 0 saturated carbocycles. The zero-order valence-electron chi connectivity index (χ0n) is 14.7. The molecule has 4 nitrogen and oxygen atoms in total. The van der Waals surface area contributed by atoms with Crippen LogP contribution in [0.25, 0.3) is 0 Å². The molecule has 0 spiro atoms. The first-order valence-electron chi connectivity index (χ1n) is 8.84. The molecule has 0 radical (unpaired) electrons. The van der Waals surface area contributed by atoms with Gasteiger partial charge in [0.1, 0.15) is 0 Å². The minimum atomic E-state index is 0.336. The van der Waals surface area contributed by atoms with Crippen LogP contribution in [0.2, 0.25) is 0 Å². The number of aryl methyl sites for hydroxylation is 1. The van der Waals surface area contributed by atoms with Crippen molar-refractivity contribution in [2.45, 2.75) is 19.5 Å². The van der Waals surface area contributed by atoms with E-state index < -0.39 is 0 Å². The summed E-state index contributed by atoms with van der Waals surface area (Å²) in [6, 6.07) is 19.1. The monoisotopic (exact) mass is 335 g/mol. The Bertz CT molecular complexity index is 732. The fourth-order valence-electron chi connectivity index (χ4n) is 3.33. The first-order valence-corrected chi connectivity index (χ1v) is 8.84. The van der Waals surface area contributed by atoms with Crippen LogP contribution in [0.5, 0.6) is 0 Å². The van der Waals surface area contributed by atoms with Gasteiger partial charge >= 0.3 is 0 Å². The third-order valence-corrected chi connectivity index (χ3v) is 4.64. The second kappa shape index (κ2) is 8.77. The number of benzene rings is 2. The highest BCUT2D eigenvalue weighted by atomic mass is 16.5. The zero-order valence-corrected chi connectivity index (χ0v) is 14.7. The lowest BCUT2D eigenvalue weighted by Crippen LogP contribution is -2.42. The first kappa shape index (κ1) is 17.6. The zero-order chi connectivity index (χ0) is 17.5. The lowest BCUT2D eigenvalue weighted by atomic mass is 10.0. The van der Waals surface area contributed by atoms with Crippen molar-refractivity contribution in [2.75, 3.05) is 32.8 Å². The van der Waals surface area contributed by atoms with Crippen molar-refractivity contribution >= 4 is 0 Å². The van der Waals surface area contributed by atoms with Gasteiger partial charge in [0.2, 0.25) is 0 Å². The van der Waals surface area contributed by atoms with Gasteiger partial charge in [-0.2, -0.15) is 5.26 Å². The number of nitriles is 1. The van der Waals surface area contributed by atoms with Crippen LogP contribution in [-0.2, 0) is 11.3 Å². The summed E-state index contributed by atoms with van der Waals surface area (Å²) in [6.45, 7) is 7.30. The number of rotatable bonds is 6. The van der Waals surface area contributed by atoms with Crippen molar-refractivity contribution in [3.63, 3.8) is 0 Å². The predicted octanol–water partition coefficient (Wildman–Crippen LogP) is 3.03. The van der Waals surface area contributed by atoms with Gasteiger partial charge in [-0.3, -0.25) is 4.90 Å². The van der Waals surface area contributed by atoms with Crippen LogP contribution in [0, 0.1) is 18.3 Å². The van der Waals surface area contributed by atoms with Gasteiger partial charge in [0, 0.05) is 32.2 Å². The third kappa shape index (κ3) is 4.90. The molecule has 1 aliphatic heterocycles. The molecule has 0 unspecified atom stereocenters. The summed E-state index contributed by atoms with van der Waals surface area (Å²) in [5.41, 5.74) is 4.49. The van der Waals surface area contributed by atoms with E-state index in [2.05, 4.69) is 53.5 Å². The Morgan fingerprint density at radius 3 is 2.72 bits per heavy atom. The fourth-order valence-corrected chi connectivity index (χ4v) is 3.33. The molecule has 1 saturated heterocycles. The lowest BCUT2D eigenvalue weighted by molar-refractivity contribution is 0.0161. The molecule has 3 rings (SSSR count). The van der Waals surface area contributed by atoms with E-state index in [0.29, 0.717) is 11.6 Å². The van der Waals surface area contributed by atoms with E-state index >= 15 is 0 Å². The summed E-state index contributed by atoms with van der Waals surface area (Å²) >= 11 is 0. The summed E-state index contributed by atoms with van der Waals surface area (Å²) in [7, 11) is 0. The number of hydrogen-bond acceptors (Lipinski definition) is 4. The van der Waals surface area contributed by atoms with Crippen LogP contribution in [0.4, 0.5) is 0 Å². The Morgan fingerprint density at radius 1 is 1.16 bits per heavy atom. The minimum absolute atomic E-state index is 0.336. The molecule has 2 aromatic carbocycles. The van der Waals surface area contributed by atoms with E-state index in [0.717, 1.165) is 45.0 Å². The van der Waals surface area contributed by atoms with Gasteiger partial charge in [-0.15, -0.1) is 0 Å². The molecular formula is C21H25N3O. The number of hydrogen-bond donors (Lipinski definition) is 1. The predicted molar refractivity (Wildman–Crippen MR) is 99.2 cm³/mol. The van der Waals surface area contributed by atoms with E-state index in [1.807, 2.05) is 18.2 Å². The lowest BCUT2D eigenvalue weighted by Gasteiger charge is -2.35. The van der Waals surface area contributed by atoms with Crippen molar-refractivity contribution in [1.29, 1.82) is 5.26 Å². The van der Waals surface area contributed by atoms with Crippen LogP contribution in [0.3, 0.4) is 0 Å². The molecule has 1 heterocycles. The van der Waals surface area contributed by atoms with Crippen LogP contribution in [0.15, 0.2) is 48.5 Å². The first-order chi connectivity index (χ1) is 12.3. The molecule has 25 heavy (non-hydrogen) atoms. The highest BCUT2D eigenvalue weighted by molar-refractivity contribution is 5.32. The molecule has 1 aliphatic rings. The normalized spacial score (nSPS) is 16.3. The van der Waals surface area contributed by atoms with Gasteiger partial charge in [-0.05, 0) is 30.2 Å². The molecule has 0 aromatic heterocycles. The van der Waals surface area contributed by atoms with E-state index in [9.17, 15) is 0 Å². The standard InChI is InChI=1S/C21H25N3O/c1-17-4-2-7-20(12-17)21(24-8-10-25-11-9-24)16-23-15-19-6-3-5-18(13-19)14-22/h2-7,12-13,21,23H,8-11,15-16H2,1H3/t21-/m0/s1. The van der Waals surface area contributed by atoms with E-state index in [1.165, 1.54) is 11.1 Å². The van der Waals surface area contributed by atoms with Gasteiger partial charge in [-0.25, -0.2) is 0 Å². The maximum absolute atomic E-state index is 9.03. The molecule has 130 valence electrons.